The lowest BCUT2D eigenvalue weighted by Gasteiger charge is -2.34. The van der Waals surface area contributed by atoms with Gasteiger partial charge in [0, 0.05) is 19.5 Å². The minimum Gasteiger partial charge on any atom is -0.355 e. The number of anilines is 1. The first-order valence-corrected chi connectivity index (χ1v) is 15.9. The van der Waals surface area contributed by atoms with E-state index in [-0.39, 0.29) is 23.8 Å². The van der Waals surface area contributed by atoms with Gasteiger partial charge in [-0.2, -0.15) is 0 Å². The highest BCUT2D eigenvalue weighted by atomic mass is 32.2. The zero-order chi connectivity index (χ0) is 31.0. The Morgan fingerprint density at radius 1 is 0.767 bits per heavy atom. The van der Waals surface area contributed by atoms with Crippen molar-refractivity contribution in [3.05, 3.63) is 131 Å². The molecule has 0 aliphatic carbocycles. The number of rotatable bonds is 12. The van der Waals surface area contributed by atoms with Gasteiger partial charge in [-0.25, -0.2) is 8.42 Å². The van der Waals surface area contributed by atoms with Gasteiger partial charge >= 0.3 is 0 Å². The smallest absolute Gasteiger partial charge is 0.264 e. The van der Waals surface area contributed by atoms with Crippen LogP contribution in [0.2, 0.25) is 0 Å². The molecule has 4 aromatic rings. The molecule has 1 atom stereocenters. The number of hydrogen-bond donors (Lipinski definition) is 1. The molecule has 224 valence electrons. The molecule has 0 bridgehead atoms. The summed E-state index contributed by atoms with van der Waals surface area (Å²) in [5.74, 6) is -0.778. The van der Waals surface area contributed by atoms with Crippen molar-refractivity contribution in [3.8, 4) is 0 Å². The van der Waals surface area contributed by atoms with Crippen LogP contribution in [0.25, 0.3) is 0 Å². The molecule has 4 rings (SSSR count). The standard InChI is InChI=1S/C35H39N3O4S/c1-5-36-35(40)33(23-29-12-8-6-9-13-29)37(24-30-14-10-7-11-15-30)34(39)25-38(31-19-18-27(3)28(4)22-31)43(41,42)32-20-16-26(2)17-21-32/h6-22,33H,5,23-25H2,1-4H3,(H,36,40). The summed E-state index contributed by atoms with van der Waals surface area (Å²) in [5, 5.41) is 2.88. The quantitative estimate of drug-likeness (QED) is 0.231. The number of hydrogen-bond acceptors (Lipinski definition) is 4. The first-order valence-electron chi connectivity index (χ1n) is 14.4. The minimum absolute atomic E-state index is 0.0864. The average Bonchev–Trinajstić information content (AvgIpc) is 3.00. The summed E-state index contributed by atoms with van der Waals surface area (Å²) < 4.78 is 29.4. The molecule has 4 aromatic carbocycles. The number of amides is 2. The van der Waals surface area contributed by atoms with E-state index < -0.39 is 28.5 Å². The lowest BCUT2D eigenvalue weighted by molar-refractivity contribution is -0.140. The average molecular weight is 598 g/mol. The number of nitrogens with one attached hydrogen (secondary N) is 1. The number of benzene rings is 4. The Labute approximate surface area is 255 Å². The Balaban J connectivity index is 1.80. The number of sulfonamides is 1. The number of nitrogens with zero attached hydrogens (tertiary/aromatic N) is 2. The van der Waals surface area contributed by atoms with E-state index in [1.54, 1.807) is 36.4 Å². The van der Waals surface area contributed by atoms with Gasteiger partial charge in [0.2, 0.25) is 11.8 Å². The van der Waals surface area contributed by atoms with Gasteiger partial charge in [0.1, 0.15) is 12.6 Å². The molecule has 0 aliphatic rings. The maximum absolute atomic E-state index is 14.4. The Morgan fingerprint density at radius 2 is 1.37 bits per heavy atom. The van der Waals surface area contributed by atoms with E-state index >= 15 is 0 Å². The summed E-state index contributed by atoms with van der Waals surface area (Å²) in [6.45, 7) is 7.63. The van der Waals surface area contributed by atoms with Crippen LogP contribution in [0.5, 0.6) is 0 Å². The van der Waals surface area contributed by atoms with Crippen molar-refractivity contribution in [2.45, 2.75) is 51.6 Å². The van der Waals surface area contributed by atoms with Crippen molar-refractivity contribution in [1.29, 1.82) is 0 Å². The van der Waals surface area contributed by atoms with E-state index in [2.05, 4.69) is 5.32 Å². The Morgan fingerprint density at radius 3 is 1.95 bits per heavy atom. The van der Waals surface area contributed by atoms with Crippen LogP contribution in [0.15, 0.2) is 108 Å². The van der Waals surface area contributed by atoms with E-state index in [1.165, 1.54) is 4.90 Å². The van der Waals surface area contributed by atoms with Crippen molar-refractivity contribution >= 4 is 27.5 Å². The van der Waals surface area contributed by atoms with Gasteiger partial charge in [-0.1, -0.05) is 84.4 Å². The Bertz CT molecular complexity index is 1640. The van der Waals surface area contributed by atoms with E-state index in [0.29, 0.717) is 12.2 Å². The van der Waals surface area contributed by atoms with Gasteiger partial charge < -0.3 is 10.2 Å². The maximum Gasteiger partial charge on any atom is 0.264 e. The lowest BCUT2D eigenvalue weighted by atomic mass is 10.0. The van der Waals surface area contributed by atoms with Crippen molar-refractivity contribution in [2.24, 2.45) is 0 Å². The topological polar surface area (TPSA) is 86.8 Å². The summed E-state index contributed by atoms with van der Waals surface area (Å²) in [6.07, 6.45) is 0.277. The van der Waals surface area contributed by atoms with Crippen LogP contribution in [0.4, 0.5) is 5.69 Å². The van der Waals surface area contributed by atoms with E-state index in [1.807, 2.05) is 94.4 Å². The van der Waals surface area contributed by atoms with Crippen LogP contribution in [-0.4, -0.2) is 44.3 Å². The van der Waals surface area contributed by atoms with Gasteiger partial charge in [-0.3, -0.25) is 13.9 Å². The molecule has 0 fully saturated rings. The van der Waals surface area contributed by atoms with Gasteiger partial charge in [-0.15, -0.1) is 0 Å². The monoisotopic (exact) mass is 597 g/mol. The zero-order valence-corrected chi connectivity index (χ0v) is 26.0. The van der Waals surface area contributed by atoms with Crippen LogP contribution in [0.3, 0.4) is 0 Å². The lowest BCUT2D eigenvalue weighted by Crippen LogP contribution is -2.53. The fourth-order valence-corrected chi connectivity index (χ4v) is 6.28. The second-order valence-electron chi connectivity index (χ2n) is 10.7. The van der Waals surface area contributed by atoms with Gasteiger partial charge in [0.05, 0.1) is 10.6 Å². The molecule has 0 spiro atoms. The predicted octanol–water partition coefficient (Wildman–Crippen LogP) is 5.58. The fourth-order valence-electron chi connectivity index (χ4n) is 4.87. The first kappa shape index (κ1) is 31.5. The third-order valence-corrected chi connectivity index (χ3v) is 9.27. The molecule has 1 N–H and O–H groups in total. The Hall–Kier alpha value is -4.43. The summed E-state index contributed by atoms with van der Waals surface area (Å²) >= 11 is 0. The molecular weight excluding hydrogens is 558 g/mol. The maximum atomic E-state index is 14.4. The van der Waals surface area contributed by atoms with Crippen molar-refractivity contribution in [2.75, 3.05) is 17.4 Å². The SMILES string of the molecule is CCNC(=O)C(Cc1ccccc1)N(Cc1ccccc1)C(=O)CN(c1ccc(C)c(C)c1)S(=O)(=O)c1ccc(C)cc1. The second-order valence-corrected chi connectivity index (χ2v) is 12.6. The van der Waals surface area contributed by atoms with Gasteiger partial charge in [0.15, 0.2) is 0 Å². The molecule has 0 saturated carbocycles. The number of likely N-dealkylation sites (N-methyl/N-ethyl adjacent to an activating group) is 1. The first-order chi connectivity index (χ1) is 20.6. The highest BCUT2D eigenvalue weighted by Crippen LogP contribution is 2.27. The molecule has 0 heterocycles. The van der Waals surface area contributed by atoms with Crippen LogP contribution >= 0.6 is 0 Å². The van der Waals surface area contributed by atoms with Crippen LogP contribution in [-0.2, 0) is 32.6 Å². The van der Waals surface area contributed by atoms with E-state index in [0.717, 1.165) is 32.1 Å². The highest BCUT2D eigenvalue weighted by Gasteiger charge is 2.34. The van der Waals surface area contributed by atoms with Gasteiger partial charge in [-0.05, 0) is 74.2 Å². The molecule has 8 heteroatoms. The third-order valence-electron chi connectivity index (χ3n) is 7.48. The normalized spacial score (nSPS) is 11.9. The van der Waals surface area contributed by atoms with E-state index in [4.69, 9.17) is 0 Å². The summed E-state index contributed by atoms with van der Waals surface area (Å²) in [6, 6.07) is 30.0. The van der Waals surface area contributed by atoms with Crippen molar-refractivity contribution in [3.63, 3.8) is 0 Å². The number of carbonyl (C=O) groups excluding carboxylic acids is 2. The molecule has 2 amide bonds. The zero-order valence-electron chi connectivity index (χ0n) is 25.2. The van der Waals surface area contributed by atoms with Gasteiger partial charge in [0.25, 0.3) is 10.0 Å². The van der Waals surface area contributed by atoms with Crippen LogP contribution < -0.4 is 9.62 Å². The number of carbonyl (C=O) groups is 2. The summed E-state index contributed by atoms with van der Waals surface area (Å²) in [7, 11) is -4.13. The molecule has 0 aliphatic heterocycles. The van der Waals surface area contributed by atoms with Crippen molar-refractivity contribution < 1.29 is 18.0 Å². The van der Waals surface area contributed by atoms with E-state index in [9.17, 15) is 18.0 Å². The molecule has 7 nitrogen and oxygen atoms in total. The second kappa shape index (κ2) is 14.2. The summed E-state index contributed by atoms with van der Waals surface area (Å²) in [5.41, 5.74) is 4.94. The Kier molecular flexibility index (Phi) is 10.4. The molecule has 43 heavy (non-hydrogen) atoms. The van der Waals surface area contributed by atoms with Crippen LogP contribution in [0.1, 0.15) is 34.7 Å². The summed E-state index contributed by atoms with van der Waals surface area (Å²) in [4.78, 5) is 29.5. The van der Waals surface area contributed by atoms with Crippen molar-refractivity contribution in [1.82, 2.24) is 10.2 Å². The molecule has 0 aromatic heterocycles. The highest BCUT2D eigenvalue weighted by molar-refractivity contribution is 7.92. The minimum atomic E-state index is -4.13. The fraction of sp³-hybridized carbons (Fsp3) is 0.257. The molecule has 0 saturated heterocycles. The predicted molar refractivity (Wildman–Crippen MR) is 171 cm³/mol. The van der Waals surface area contributed by atoms with Crippen LogP contribution in [0, 0.1) is 20.8 Å². The molecule has 1 unspecified atom stereocenters. The largest absolute Gasteiger partial charge is 0.355 e. The number of aryl methyl sites for hydroxylation is 3. The molecular formula is C35H39N3O4S. The molecule has 0 radical (unpaired) electrons. The third kappa shape index (κ3) is 7.90.